The second kappa shape index (κ2) is 6.38. The summed E-state index contributed by atoms with van der Waals surface area (Å²) in [5.74, 6) is 1.12. The number of aryl methyl sites for hydroxylation is 1. The third kappa shape index (κ3) is 3.90. The van der Waals surface area contributed by atoms with Crippen molar-refractivity contribution in [3.63, 3.8) is 0 Å². The largest absolute Gasteiger partial charge is 0.507 e. The van der Waals surface area contributed by atoms with Crippen molar-refractivity contribution in [1.82, 2.24) is 0 Å². The molecule has 0 bridgehead atoms. The first-order chi connectivity index (χ1) is 9.93. The van der Waals surface area contributed by atoms with E-state index in [1.807, 2.05) is 12.1 Å². The highest BCUT2D eigenvalue weighted by atomic mass is 16.5. The van der Waals surface area contributed by atoms with Gasteiger partial charge in [-0.25, -0.2) is 0 Å². The third-order valence-corrected chi connectivity index (χ3v) is 3.86. The highest BCUT2D eigenvalue weighted by Crippen LogP contribution is 2.39. The van der Waals surface area contributed by atoms with Crippen LogP contribution in [0, 0.1) is 0 Å². The van der Waals surface area contributed by atoms with Crippen molar-refractivity contribution in [2.24, 2.45) is 0 Å². The molecule has 0 aromatic heterocycles. The van der Waals surface area contributed by atoms with Crippen LogP contribution in [-0.4, -0.2) is 10.7 Å². The van der Waals surface area contributed by atoms with Crippen LogP contribution in [-0.2, 0) is 6.42 Å². The minimum absolute atomic E-state index is 0.295. The second-order valence-corrected chi connectivity index (χ2v) is 6.34. The van der Waals surface area contributed by atoms with Gasteiger partial charge in [-0.2, -0.15) is 0 Å². The van der Waals surface area contributed by atoms with Crippen LogP contribution >= 0.6 is 0 Å². The fraction of sp³-hybridized carbons (Fsp3) is 0.474. The standard InChI is InChI=1S/C19H26O2/c1-5-7-15-12-17(20)16-9-11-19(4,21-18(16)13-15)10-6-8-14(2)3/h8-9,11-13,20H,5-7,10H2,1-4H3/t19-/m0/s1. The minimum Gasteiger partial charge on any atom is -0.507 e. The van der Waals surface area contributed by atoms with Crippen LogP contribution in [0.5, 0.6) is 11.5 Å². The Morgan fingerprint density at radius 2 is 2.10 bits per heavy atom. The number of ether oxygens (including phenoxy) is 1. The molecule has 2 nitrogen and oxygen atoms in total. The topological polar surface area (TPSA) is 29.5 Å². The van der Waals surface area contributed by atoms with Gasteiger partial charge in [0.15, 0.2) is 0 Å². The summed E-state index contributed by atoms with van der Waals surface area (Å²) < 4.78 is 6.19. The molecule has 114 valence electrons. The minimum atomic E-state index is -0.295. The second-order valence-electron chi connectivity index (χ2n) is 6.34. The number of hydrogen-bond acceptors (Lipinski definition) is 2. The van der Waals surface area contributed by atoms with Crippen LogP contribution in [0.1, 0.15) is 58.1 Å². The van der Waals surface area contributed by atoms with Crippen LogP contribution in [0.2, 0.25) is 0 Å². The van der Waals surface area contributed by atoms with Gasteiger partial charge in [0, 0.05) is 0 Å². The van der Waals surface area contributed by atoms with Crippen LogP contribution in [0.25, 0.3) is 6.08 Å². The summed E-state index contributed by atoms with van der Waals surface area (Å²) in [7, 11) is 0. The van der Waals surface area contributed by atoms with Gasteiger partial charge in [0.1, 0.15) is 17.1 Å². The zero-order valence-corrected chi connectivity index (χ0v) is 13.6. The molecule has 1 atom stereocenters. The Labute approximate surface area is 128 Å². The maximum absolute atomic E-state index is 10.1. The van der Waals surface area contributed by atoms with Crippen molar-refractivity contribution in [1.29, 1.82) is 0 Å². The molecule has 1 N–H and O–H groups in total. The molecule has 1 aliphatic rings. The predicted octanol–water partition coefficient (Wildman–Crippen LogP) is 5.26. The number of phenols is 1. The number of fused-ring (bicyclic) bond motifs is 1. The number of aromatic hydroxyl groups is 1. The SMILES string of the molecule is CCCc1cc(O)c2c(c1)O[C@@](C)(CCC=C(C)C)C=C2. The fourth-order valence-corrected chi connectivity index (χ4v) is 2.68. The first-order valence-electron chi connectivity index (χ1n) is 7.81. The molecule has 0 radical (unpaired) electrons. The van der Waals surface area contributed by atoms with Gasteiger partial charge in [0.05, 0.1) is 5.56 Å². The summed E-state index contributed by atoms with van der Waals surface area (Å²) >= 11 is 0. The van der Waals surface area contributed by atoms with E-state index in [-0.39, 0.29) is 5.60 Å². The van der Waals surface area contributed by atoms with Gasteiger partial charge in [-0.05, 0) is 69.9 Å². The van der Waals surface area contributed by atoms with E-state index in [1.165, 1.54) is 5.57 Å². The predicted molar refractivity (Wildman–Crippen MR) is 88.8 cm³/mol. The van der Waals surface area contributed by atoms with Gasteiger partial charge < -0.3 is 9.84 Å². The molecule has 0 saturated carbocycles. The summed E-state index contributed by atoms with van der Waals surface area (Å²) in [5.41, 5.74) is 2.97. The van der Waals surface area contributed by atoms with Crippen LogP contribution < -0.4 is 4.74 Å². The molecule has 0 amide bonds. The van der Waals surface area contributed by atoms with E-state index in [0.717, 1.165) is 42.6 Å². The van der Waals surface area contributed by atoms with E-state index in [2.05, 4.69) is 45.9 Å². The van der Waals surface area contributed by atoms with Gasteiger partial charge >= 0.3 is 0 Å². The molecule has 0 aliphatic carbocycles. The van der Waals surface area contributed by atoms with E-state index in [1.54, 1.807) is 0 Å². The Bertz CT molecular complexity index is 565. The normalized spacial score (nSPS) is 19.8. The van der Waals surface area contributed by atoms with E-state index in [0.29, 0.717) is 5.75 Å². The molecule has 1 aliphatic heterocycles. The van der Waals surface area contributed by atoms with E-state index in [4.69, 9.17) is 4.74 Å². The first kappa shape index (κ1) is 15.7. The lowest BCUT2D eigenvalue weighted by Crippen LogP contribution is -2.31. The van der Waals surface area contributed by atoms with Gasteiger partial charge in [0.25, 0.3) is 0 Å². The Hall–Kier alpha value is -1.70. The summed E-state index contributed by atoms with van der Waals surface area (Å²) in [6.07, 6.45) is 10.3. The summed E-state index contributed by atoms with van der Waals surface area (Å²) in [5, 5.41) is 10.1. The summed E-state index contributed by atoms with van der Waals surface area (Å²) in [6, 6.07) is 3.92. The van der Waals surface area contributed by atoms with Crippen molar-refractivity contribution in [2.75, 3.05) is 0 Å². The zero-order valence-electron chi connectivity index (χ0n) is 13.6. The molecule has 1 aromatic rings. The van der Waals surface area contributed by atoms with Crippen LogP contribution in [0.4, 0.5) is 0 Å². The highest BCUT2D eigenvalue weighted by Gasteiger charge is 2.28. The molecule has 21 heavy (non-hydrogen) atoms. The Morgan fingerprint density at radius 3 is 2.76 bits per heavy atom. The number of phenolic OH excluding ortho intramolecular Hbond substituents is 1. The third-order valence-electron chi connectivity index (χ3n) is 3.86. The Kier molecular flexibility index (Phi) is 4.76. The van der Waals surface area contributed by atoms with Crippen molar-refractivity contribution in [3.05, 3.63) is 41.0 Å². The molecule has 2 rings (SSSR count). The Balaban J connectivity index is 2.20. The van der Waals surface area contributed by atoms with Crippen molar-refractivity contribution in [2.45, 2.75) is 59.0 Å². The van der Waals surface area contributed by atoms with E-state index >= 15 is 0 Å². The van der Waals surface area contributed by atoms with Gasteiger partial charge in [-0.15, -0.1) is 0 Å². The zero-order chi connectivity index (χ0) is 15.5. The Morgan fingerprint density at radius 1 is 1.33 bits per heavy atom. The number of rotatable bonds is 5. The van der Waals surface area contributed by atoms with Crippen LogP contribution in [0.3, 0.4) is 0 Å². The summed E-state index contributed by atoms with van der Waals surface area (Å²) in [6.45, 7) is 8.48. The highest BCUT2D eigenvalue weighted by molar-refractivity contribution is 5.67. The maximum atomic E-state index is 10.1. The lowest BCUT2D eigenvalue weighted by Gasteiger charge is -2.32. The molecule has 1 aromatic carbocycles. The monoisotopic (exact) mass is 286 g/mol. The van der Waals surface area contributed by atoms with Crippen molar-refractivity contribution in [3.8, 4) is 11.5 Å². The molecular weight excluding hydrogens is 260 g/mol. The average Bonchev–Trinajstić information content (AvgIpc) is 2.37. The molecule has 0 unspecified atom stereocenters. The fourth-order valence-electron chi connectivity index (χ4n) is 2.68. The quantitative estimate of drug-likeness (QED) is 0.748. The van der Waals surface area contributed by atoms with Gasteiger partial charge in [0.2, 0.25) is 0 Å². The lowest BCUT2D eigenvalue weighted by molar-refractivity contribution is 0.128. The van der Waals surface area contributed by atoms with Gasteiger partial charge in [-0.1, -0.05) is 25.0 Å². The number of benzene rings is 1. The van der Waals surface area contributed by atoms with Crippen molar-refractivity contribution >= 4 is 6.08 Å². The smallest absolute Gasteiger partial charge is 0.131 e. The number of allylic oxidation sites excluding steroid dienone is 2. The summed E-state index contributed by atoms with van der Waals surface area (Å²) in [4.78, 5) is 0. The van der Waals surface area contributed by atoms with Crippen LogP contribution in [0.15, 0.2) is 29.9 Å². The average molecular weight is 286 g/mol. The molecule has 0 fully saturated rings. The van der Waals surface area contributed by atoms with Gasteiger partial charge in [-0.3, -0.25) is 0 Å². The van der Waals surface area contributed by atoms with Crippen molar-refractivity contribution < 1.29 is 9.84 Å². The molecule has 0 spiro atoms. The van der Waals surface area contributed by atoms with E-state index < -0.39 is 0 Å². The number of hydrogen-bond donors (Lipinski definition) is 1. The first-order valence-corrected chi connectivity index (χ1v) is 7.81. The van der Waals surface area contributed by atoms with E-state index in [9.17, 15) is 5.11 Å². The lowest BCUT2D eigenvalue weighted by atomic mass is 9.93. The molecule has 2 heteroatoms. The molecular formula is C19H26O2. The maximum Gasteiger partial charge on any atom is 0.131 e. The molecule has 0 saturated heterocycles. The molecule has 1 heterocycles.